The van der Waals surface area contributed by atoms with E-state index in [4.69, 9.17) is 0 Å². The molecule has 0 saturated heterocycles. The van der Waals surface area contributed by atoms with Crippen molar-refractivity contribution in [3.05, 3.63) is 35.2 Å². The summed E-state index contributed by atoms with van der Waals surface area (Å²) in [6.07, 6.45) is 5.24. The van der Waals surface area contributed by atoms with Gasteiger partial charge in [-0.05, 0) is 35.5 Å². The molecule has 0 unspecified atom stereocenters. The molecule has 0 nitrogen and oxygen atoms in total. The van der Waals surface area contributed by atoms with Crippen LogP contribution in [0.5, 0.6) is 0 Å². The summed E-state index contributed by atoms with van der Waals surface area (Å²) in [5, 5.41) is 0. The molecule has 0 amide bonds. The summed E-state index contributed by atoms with van der Waals surface area (Å²) in [5.74, 6) is 1.08. The first-order chi connectivity index (χ1) is 6.93. The smallest absolute Gasteiger partial charge is 0.123 e. The molecular weight excluding hydrogens is 187 g/mol. The summed E-state index contributed by atoms with van der Waals surface area (Å²) in [6.45, 7) is 10.7. The van der Waals surface area contributed by atoms with Gasteiger partial charge in [0.1, 0.15) is 5.83 Å². The van der Waals surface area contributed by atoms with Crippen molar-refractivity contribution in [2.45, 2.75) is 34.6 Å². The molecular formula is C14H21F. The van der Waals surface area contributed by atoms with E-state index in [2.05, 4.69) is 34.6 Å². The molecule has 0 aromatic heterocycles. The monoisotopic (exact) mass is 208 g/mol. The van der Waals surface area contributed by atoms with Crippen molar-refractivity contribution in [3.63, 3.8) is 0 Å². The van der Waals surface area contributed by atoms with Gasteiger partial charge in [0.15, 0.2) is 0 Å². The van der Waals surface area contributed by atoms with Crippen molar-refractivity contribution < 1.29 is 4.39 Å². The normalized spacial score (nSPS) is 22.4. The highest BCUT2D eigenvalue weighted by Gasteiger charge is 2.19. The second-order valence-electron chi connectivity index (χ2n) is 4.90. The van der Waals surface area contributed by atoms with Gasteiger partial charge in [0.2, 0.25) is 0 Å². The Balaban J connectivity index is 3.27. The highest BCUT2D eigenvalue weighted by atomic mass is 19.1. The largest absolute Gasteiger partial charge is 0.207 e. The Labute approximate surface area is 92.6 Å². The van der Waals surface area contributed by atoms with Crippen molar-refractivity contribution in [3.8, 4) is 0 Å². The van der Waals surface area contributed by atoms with Crippen LogP contribution in [0.25, 0.3) is 0 Å². The molecule has 0 N–H and O–H groups in total. The van der Waals surface area contributed by atoms with E-state index in [1.54, 1.807) is 12.2 Å². The Kier molecular flexibility index (Phi) is 3.90. The minimum absolute atomic E-state index is 0.124. The average Bonchev–Trinajstić information content (AvgIpc) is 2.26. The first-order valence-electron chi connectivity index (χ1n) is 5.72. The maximum absolute atomic E-state index is 13.4. The van der Waals surface area contributed by atoms with E-state index in [1.807, 2.05) is 6.08 Å². The van der Waals surface area contributed by atoms with E-state index in [1.165, 1.54) is 11.1 Å². The Morgan fingerprint density at radius 1 is 1.13 bits per heavy atom. The maximum Gasteiger partial charge on any atom is 0.123 e. The van der Waals surface area contributed by atoms with Gasteiger partial charge in [0, 0.05) is 0 Å². The average molecular weight is 208 g/mol. The van der Waals surface area contributed by atoms with Crippen LogP contribution in [0.15, 0.2) is 35.2 Å². The van der Waals surface area contributed by atoms with Gasteiger partial charge >= 0.3 is 0 Å². The molecule has 0 radical (unpaired) electrons. The molecule has 15 heavy (non-hydrogen) atoms. The van der Waals surface area contributed by atoms with E-state index in [0.717, 1.165) is 0 Å². The topological polar surface area (TPSA) is 0 Å². The third-order valence-electron chi connectivity index (χ3n) is 2.91. The zero-order valence-electron chi connectivity index (χ0n) is 10.3. The first-order valence-corrected chi connectivity index (χ1v) is 5.72. The molecule has 0 aromatic carbocycles. The molecule has 1 atom stereocenters. The van der Waals surface area contributed by atoms with Crippen molar-refractivity contribution in [1.82, 2.24) is 0 Å². The van der Waals surface area contributed by atoms with E-state index >= 15 is 0 Å². The van der Waals surface area contributed by atoms with Gasteiger partial charge in [-0.25, -0.2) is 4.39 Å². The van der Waals surface area contributed by atoms with Crippen LogP contribution in [-0.4, -0.2) is 0 Å². The number of allylic oxidation sites excluding steroid dienone is 6. The lowest BCUT2D eigenvalue weighted by Gasteiger charge is -2.21. The molecule has 1 aliphatic carbocycles. The van der Waals surface area contributed by atoms with Crippen LogP contribution in [0.2, 0.25) is 0 Å². The Morgan fingerprint density at radius 2 is 1.73 bits per heavy atom. The molecule has 0 heterocycles. The standard InChI is InChI=1S/C14H21F/c1-9(2)13-8-12(15)7-6-11(5)14(13)10(3)4/h6-11H,1-5H3/t11-/m0/s1. The zero-order valence-corrected chi connectivity index (χ0v) is 10.3. The van der Waals surface area contributed by atoms with Crippen molar-refractivity contribution >= 4 is 0 Å². The van der Waals surface area contributed by atoms with Crippen LogP contribution >= 0.6 is 0 Å². The Morgan fingerprint density at radius 3 is 2.20 bits per heavy atom. The fourth-order valence-electron chi connectivity index (χ4n) is 2.24. The predicted octanol–water partition coefficient (Wildman–Crippen LogP) is 4.65. The van der Waals surface area contributed by atoms with Gasteiger partial charge in [-0.3, -0.25) is 0 Å². The van der Waals surface area contributed by atoms with E-state index in [9.17, 15) is 4.39 Å². The lowest BCUT2D eigenvalue weighted by Crippen LogP contribution is -2.09. The summed E-state index contributed by atoms with van der Waals surface area (Å²) in [7, 11) is 0. The maximum atomic E-state index is 13.4. The Bertz CT molecular complexity index is 316. The number of halogens is 1. The molecule has 0 aromatic rings. The second-order valence-corrected chi connectivity index (χ2v) is 4.90. The fourth-order valence-corrected chi connectivity index (χ4v) is 2.24. The van der Waals surface area contributed by atoms with Crippen molar-refractivity contribution in [1.29, 1.82) is 0 Å². The van der Waals surface area contributed by atoms with Gasteiger partial charge in [-0.2, -0.15) is 0 Å². The number of rotatable bonds is 2. The summed E-state index contributed by atoms with van der Waals surface area (Å²) in [6, 6.07) is 0. The van der Waals surface area contributed by atoms with Crippen LogP contribution in [0.1, 0.15) is 34.6 Å². The van der Waals surface area contributed by atoms with Gasteiger partial charge in [0.05, 0.1) is 0 Å². The summed E-state index contributed by atoms with van der Waals surface area (Å²) in [4.78, 5) is 0. The van der Waals surface area contributed by atoms with Gasteiger partial charge in [-0.1, -0.05) is 46.3 Å². The van der Waals surface area contributed by atoms with Gasteiger partial charge in [0.25, 0.3) is 0 Å². The molecule has 0 aliphatic heterocycles. The minimum atomic E-state index is -0.124. The van der Waals surface area contributed by atoms with Crippen molar-refractivity contribution in [2.24, 2.45) is 17.8 Å². The number of hydrogen-bond donors (Lipinski definition) is 0. The highest BCUT2D eigenvalue weighted by Crippen LogP contribution is 2.32. The SMILES string of the molecule is CC(C)C1=C(C(C)C)[C@@H](C)C=CC(F)=C1. The summed E-state index contributed by atoms with van der Waals surface area (Å²) >= 11 is 0. The lowest BCUT2D eigenvalue weighted by atomic mass is 9.84. The molecule has 84 valence electrons. The van der Waals surface area contributed by atoms with Crippen LogP contribution < -0.4 is 0 Å². The van der Waals surface area contributed by atoms with Gasteiger partial charge in [-0.15, -0.1) is 0 Å². The summed E-state index contributed by atoms with van der Waals surface area (Å²) < 4.78 is 13.4. The van der Waals surface area contributed by atoms with Crippen LogP contribution in [0, 0.1) is 17.8 Å². The molecule has 0 fully saturated rings. The van der Waals surface area contributed by atoms with Crippen LogP contribution in [-0.2, 0) is 0 Å². The first kappa shape index (κ1) is 12.2. The van der Waals surface area contributed by atoms with Crippen LogP contribution in [0.4, 0.5) is 4.39 Å². The minimum Gasteiger partial charge on any atom is -0.207 e. The molecule has 1 aliphatic rings. The lowest BCUT2D eigenvalue weighted by molar-refractivity contribution is 0.628. The second kappa shape index (κ2) is 4.78. The highest BCUT2D eigenvalue weighted by molar-refractivity contribution is 5.38. The molecule has 1 heteroatoms. The number of hydrogen-bond acceptors (Lipinski definition) is 0. The zero-order chi connectivity index (χ0) is 11.6. The molecule has 0 bridgehead atoms. The van der Waals surface area contributed by atoms with Crippen LogP contribution in [0.3, 0.4) is 0 Å². The Hall–Kier alpha value is -0.850. The van der Waals surface area contributed by atoms with E-state index < -0.39 is 0 Å². The van der Waals surface area contributed by atoms with Gasteiger partial charge < -0.3 is 0 Å². The molecule has 1 rings (SSSR count). The summed E-state index contributed by atoms with van der Waals surface area (Å²) in [5.41, 5.74) is 2.54. The molecule has 0 saturated carbocycles. The molecule has 0 spiro atoms. The van der Waals surface area contributed by atoms with Crippen molar-refractivity contribution in [2.75, 3.05) is 0 Å². The fraction of sp³-hybridized carbons (Fsp3) is 0.571. The predicted molar refractivity (Wildman–Crippen MR) is 64.2 cm³/mol. The third-order valence-corrected chi connectivity index (χ3v) is 2.91. The van der Waals surface area contributed by atoms with E-state index in [-0.39, 0.29) is 5.83 Å². The third kappa shape index (κ3) is 2.80. The van der Waals surface area contributed by atoms with E-state index in [0.29, 0.717) is 17.8 Å². The quantitative estimate of drug-likeness (QED) is 0.619.